The first-order valence-corrected chi connectivity index (χ1v) is 7.22. The van der Waals surface area contributed by atoms with Crippen molar-refractivity contribution in [3.8, 4) is 0 Å². The van der Waals surface area contributed by atoms with E-state index in [1.807, 2.05) is 0 Å². The van der Waals surface area contributed by atoms with Gasteiger partial charge in [-0.3, -0.25) is 0 Å². The van der Waals surface area contributed by atoms with Crippen LogP contribution in [0.1, 0.15) is 45.6 Å². The number of ether oxygens (including phenoxy) is 1. The summed E-state index contributed by atoms with van der Waals surface area (Å²) in [6, 6.07) is 0. The summed E-state index contributed by atoms with van der Waals surface area (Å²) in [5.74, 6) is 1.72. The Bertz CT molecular complexity index is 383. The summed E-state index contributed by atoms with van der Waals surface area (Å²) in [6.45, 7) is 10.9. The second-order valence-corrected chi connectivity index (χ2v) is 5.69. The van der Waals surface area contributed by atoms with Crippen molar-refractivity contribution >= 4 is 17.4 Å². The summed E-state index contributed by atoms with van der Waals surface area (Å²) in [5, 5.41) is 3.84. The van der Waals surface area contributed by atoms with Crippen LogP contribution in [0, 0.1) is 5.92 Å². The van der Waals surface area contributed by atoms with Crippen LogP contribution in [0.3, 0.4) is 0 Å². The van der Waals surface area contributed by atoms with Crippen LogP contribution in [0.2, 0.25) is 5.15 Å². The Balaban J connectivity index is 2.39. The molecule has 0 saturated carbocycles. The molecule has 0 unspecified atom stereocenters. The molecule has 0 fully saturated rings. The van der Waals surface area contributed by atoms with E-state index in [0.29, 0.717) is 17.0 Å². The van der Waals surface area contributed by atoms with Gasteiger partial charge in [-0.15, -0.1) is 0 Å². The molecule has 0 saturated heterocycles. The monoisotopic (exact) mass is 285 g/mol. The van der Waals surface area contributed by atoms with Gasteiger partial charge in [-0.25, -0.2) is 9.97 Å². The highest BCUT2D eigenvalue weighted by Gasteiger charge is 2.12. The molecule has 1 aromatic heterocycles. The molecule has 0 aliphatic heterocycles. The van der Waals surface area contributed by atoms with Crippen LogP contribution in [0.25, 0.3) is 0 Å². The maximum atomic E-state index is 6.11. The molecule has 1 rings (SSSR count). The molecule has 0 aliphatic carbocycles. The van der Waals surface area contributed by atoms with E-state index in [-0.39, 0.29) is 0 Å². The van der Waals surface area contributed by atoms with Gasteiger partial charge >= 0.3 is 0 Å². The molecule has 5 heteroatoms. The summed E-state index contributed by atoms with van der Waals surface area (Å²) in [7, 11) is 0. The van der Waals surface area contributed by atoms with Gasteiger partial charge in [-0.2, -0.15) is 0 Å². The van der Waals surface area contributed by atoms with Gasteiger partial charge in [-0.05, 0) is 18.3 Å². The Morgan fingerprint density at radius 1 is 1.26 bits per heavy atom. The zero-order valence-electron chi connectivity index (χ0n) is 12.2. The summed E-state index contributed by atoms with van der Waals surface area (Å²) in [4.78, 5) is 8.29. The van der Waals surface area contributed by atoms with Crippen molar-refractivity contribution in [2.45, 2.75) is 40.0 Å². The van der Waals surface area contributed by atoms with Crippen molar-refractivity contribution < 1.29 is 4.74 Å². The number of nitrogens with zero attached hydrogens (tertiary/aromatic N) is 2. The normalized spacial score (nSPS) is 11.3. The van der Waals surface area contributed by atoms with Crippen molar-refractivity contribution in [2.75, 3.05) is 25.1 Å². The predicted molar refractivity (Wildman–Crippen MR) is 79.9 cm³/mol. The Morgan fingerprint density at radius 2 is 2.00 bits per heavy atom. The molecule has 0 atom stereocenters. The van der Waals surface area contributed by atoms with Crippen molar-refractivity contribution in [3.63, 3.8) is 0 Å². The highest BCUT2D eigenvalue weighted by molar-refractivity contribution is 6.30. The molecule has 1 N–H and O–H groups in total. The van der Waals surface area contributed by atoms with Gasteiger partial charge in [0.2, 0.25) is 0 Å². The minimum absolute atomic E-state index is 0.299. The minimum atomic E-state index is 0.299. The van der Waals surface area contributed by atoms with E-state index in [1.54, 1.807) is 0 Å². The molecular formula is C14H24ClN3O. The van der Waals surface area contributed by atoms with Crippen LogP contribution in [0.15, 0.2) is 6.33 Å². The number of halogens is 1. The number of hydrogen-bond acceptors (Lipinski definition) is 4. The van der Waals surface area contributed by atoms with Crippen LogP contribution in [0.4, 0.5) is 5.82 Å². The maximum Gasteiger partial charge on any atom is 0.138 e. The highest BCUT2D eigenvalue weighted by Crippen LogP contribution is 2.27. The van der Waals surface area contributed by atoms with Gasteiger partial charge in [0, 0.05) is 25.3 Å². The van der Waals surface area contributed by atoms with Gasteiger partial charge in [0.25, 0.3) is 0 Å². The molecule has 108 valence electrons. The predicted octanol–water partition coefficient (Wildman–Crippen LogP) is 3.73. The van der Waals surface area contributed by atoms with Gasteiger partial charge in [0.05, 0.1) is 0 Å². The van der Waals surface area contributed by atoms with E-state index in [2.05, 4.69) is 43.0 Å². The van der Waals surface area contributed by atoms with Crippen molar-refractivity contribution in [2.24, 2.45) is 5.92 Å². The minimum Gasteiger partial charge on any atom is -0.381 e. The van der Waals surface area contributed by atoms with Crippen molar-refractivity contribution in [1.82, 2.24) is 9.97 Å². The molecule has 0 aromatic carbocycles. The SMILES string of the molecule is CC(C)COCCCNc1ncnc(Cl)c1C(C)C. The second-order valence-electron chi connectivity index (χ2n) is 5.33. The average molecular weight is 286 g/mol. The van der Waals surface area contributed by atoms with E-state index in [0.717, 1.165) is 37.6 Å². The number of rotatable bonds is 8. The van der Waals surface area contributed by atoms with Crippen molar-refractivity contribution in [3.05, 3.63) is 17.0 Å². The lowest BCUT2D eigenvalue weighted by Gasteiger charge is -2.14. The summed E-state index contributed by atoms with van der Waals surface area (Å²) in [5.41, 5.74) is 0.979. The molecule has 0 radical (unpaired) electrons. The number of nitrogens with one attached hydrogen (secondary N) is 1. The Hall–Kier alpha value is -0.870. The molecular weight excluding hydrogens is 262 g/mol. The third-order valence-electron chi connectivity index (χ3n) is 2.62. The average Bonchev–Trinajstić information content (AvgIpc) is 2.32. The quantitative estimate of drug-likeness (QED) is 0.584. The largest absolute Gasteiger partial charge is 0.381 e. The van der Waals surface area contributed by atoms with E-state index in [4.69, 9.17) is 16.3 Å². The fraction of sp³-hybridized carbons (Fsp3) is 0.714. The first-order chi connectivity index (χ1) is 9.02. The number of anilines is 1. The lowest BCUT2D eigenvalue weighted by atomic mass is 10.1. The zero-order valence-corrected chi connectivity index (χ0v) is 13.0. The second kappa shape index (κ2) is 8.33. The lowest BCUT2D eigenvalue weighted by molar-refractivity contribution is 0.110. The number of aromatic nitrogens is 2. The molecule has 4 nitrogen and oxygen atoms in total. The molecule has 0 bridgehead atoms. The first kappa shape index (κ1) is 16.2. The Kier molecular flexibility index (Phi) is 7.10. The Labute approximate surface area is 120 Å². The van der Waals surface area contributed by atoms with Crippen LogP contribution in [-0.4, -0.2) is 29.7 Å². The third kappa shape index (κ3) is 5.74. The van der Waals surface area contributed by atoms with E-state index in [9.17, 15) is 0 Å². The topological polar surface area (TPSA) is 47.0 Å². The highest BCUT2D eigenvalue weighted by atomic mass is 35.5. The first-order valence-electron chi connectivity index (χ1n) is 6.84. The smallest absolute Gasteiger partial charge is 0.138 e. The molecule has 19 heavy (non-hydrogen) atoms. The molecule has 0 spiro atoms. The number of hydrogen-bond donors (Lipinski definition) is 1. The lowest BCUT2D eigenvalue weighted by Crippen LogP contribution is -2.11. The fourth-order valence-electron chi connectivity index (χ4n) is 1.73. The van der Waals surface area contributed by atoms with Gasteiger partial charge in [-0.1, -0.05) is 39.3 Å². The van der Waals surface area contributed by atoms with E-state index < -0.39 is 0 Å². The van der Waals surface area contributed by atoms with Crippen LogP contribution in [0.5, 0.6) is 0 Å². The van der Waals surface area contributed by atoms with Gasteiger partial charge in [0.15, 0.2) is 0 Å². The van der Waals surface area contributed by atoms with Gasteiger partial charge in [0.1, 0.15) is 17.3 Å². The summed E-state index contributed by atoms with van der Waals surface area (Å²) >= 11 is 6.11. The van der Waals surface area contributed by atoms with Crippen LogP contribution >= 0.6 is 11.6 Å². The fourth-order valence-corrected chi connectivity index (χ4v) is 2.08. The van der Waals surface area contributed by atoms with Gasteiger partial charge < -0.3 is 10.1 Å². The van der Waals surface area contributed by atoms with Crippen LogP contribution < -0.4 is 5.32 Å². The molecule has 1 heterocycles. The third-order valence-corrected chi connectivity index (χ3v) is 2.92. The molecule has 0 amide bonds. The standard InChI is InChI=1S/C14H24ClN3O/c1-10(2)8-19-7-5-6-16-14-12(11(3)4)13(15)17-9-18-14/h9-11H,5-8H2,1-4H3,(H,16,17,18). The summed E-state index contributed by atoms with van der Waals surface area (Å²) < 4.78 is 5.54. The molecule has 1 aromatic rings. The van der Waals surface area contributed by atoms with E-state index in [1.165, 1.54) is 6.33 Å². The molecule has 0 aliphatic rings. The van der Waals surface area contributed by atoms with Crippen molar-refractivity contribution in [1.29, 1.82) is 0 Å². The maximum absolute atomic E-state index is 6.11. The zero-order chi connectivity index (χ0) is 14.3. The van der Waals surface area contributed by atoms with Crippen LogP contribution in [-0.2, 0) is 4.74 Å². The van der Waals surface area contributed by atoms with E-state index >= 15 is 0 Å². The Morgan fingerprint density at radius 3 is 2.63 bits per heavy atom. The summed E-state index contributed by atoms with van der Waals surface area (Å²) in [6.07, 6.45) is 2.44.